The molecule has 1 saturated heterocycles. The maximum atomic E-state index is 13.2. The zero-order chi connectivity index (χ0) is 25.0. The number of rotatable bonds is 7. The van der Waals surface area contributed by atoms with Crippen molar-refractivity contribution in [3.8, 4) is 0 Å². The van der Waals surface area contributed by atoms with E-state index in [1.807, 2.05) is 56.9 Å². The summed E-state index contributed by atoms with van der Waals surface area (Å²) in [5.74, 6) is 0.657. The first-order valence-electron chi connectivity index (χ1n) is 12.5. The molecule has 8 heteroatoms. The third kappa shape index (κ3) is 5.21. The van der Waals surface area contributed by atoms with Crippen molar-refractivity contribution >= 4 is 17.4 Å². The monoisotopic (exact) mass is 469 g/mol. The van der Waals surface area contributed by atoms with Crippen molar-refractivity contribution in [3.05, 3.63) is 56.7 Å². The van der Waals surface area contributed by atoms with Crippen LogP contribution in [0.4, 0.5) is 11.5 Å². The lowest BCUT2D eigenvalue weighted by Gasteiger charge is -2.29. The van der Waals surface area contributed by atoms with Crippen molar-refractivity contribution in [3.63, 3.8) is 0 Å². The van der Waals surface area contributed by atoms with Crippen LogP contribution in [0.2, 0.25) is 0 Å². The average molecular weight is 470 g/mol. The van der Waals surface area contributed by atoms with Gasteiger partial charge in [-0.25, -0.2) is 4.79 Å². The summed E-state index contributed by atoms with van der Waals surface area (Å²) < 4.78 is 3.00. The van der Waals surface area contributed by atoms with E-state index in [1.54, 1.807) is 10.6 Å². The second kappa shape index (κ2) is 10.9. The van der Waals surface area contributed by atoms with Gasteiger partial charge in [0.2, 0.25) is 0 Å². The quantitative estimate of drug-likeness (QED) is 0.622. The van der Waals surface area contributed by atoms with Gasteiger partial charge in [-0.1, -0.05) is 0 Å². The molecule has 0 atom stereocenters. The van der Waals surface area contributed by atoms with E-state index in [1.165, 1.54) is 4.57 Å². The fourth-order valence-electron chi connectivity index (χ4n) is 4.70. The summed E-state index contributed by atoms with van der Waals surface area (Å²) in [4.78, 5) is 45.3. The normalized spacial score (nSPS) is 14.6. The Morgan fingerprint density at radius 3 is 2.06 bits per heavy atom. The van der Waals surface area contributed by atoms with E-state index in [0.29, 0.717) is 37.6 Å². The molecule has 1 aromatic carbocycles. The summed E-state index contributed by atoms with van der Waals surface area (Å²) >= 11 is 0. The van der Waals surface area contributed by atoms with Gasteiger partial charge in [0.1, 0.15) is 5.82 Å². The molecule has 0 bridgehead atoms. The average Bonchev–Trinajstić information content (AvgIpc) is 3.05. The van der Waals surface area contributed by atoms with Crippen molar-refractivity contribution < 1.29 is 4.79 Å². The minimum Gasteiger partial charge on any atom is -0.372 e. The minimum atomic E-state index is -0.280. The molecule has 0 saturated carbocycles. The molecule has 2 aromatic rings. The van der Waals surface area contributed by atoms with Gasteiger partial charge in [-0.15, -0.1) is 0 Å². The molecule has 2 heterocycles. The topological polar surface area (TPSA) is 70.8 Å². The number of hydrogen-bond acceptors (Lipinski definition) is 5. The maximum absolute atomic E-state index is 13.2. The zero-order valence-electron chi connectivity index (χ0n) is 21.5. The highest BCUT2D eigenvalue weighted by molar-refractivity contribution is 5.94. The fraction of sp³-hybridized carbons (Fsp3) is 0.577. The summed E-state index contributed by atoms with van der Waals surface area (Å²) in [6, 6.07) is 9.11. The molecule has 1 aromatic heterocycles. The first-order valence-corrected chi connectivity index (χ1v) is 12.5. The predicted octanol–water partition coefficient (Wildman–Crippen LogP) is 3.37. The standard InChI is InChI=1S/C26H39N5O3/c1-7-27(8-2)22-12-10-21(11-13-22)25(33)29-15-9-14-28(16-17-29)23-18-24(32)31(20(5)6)26(34)30(23)19(3)4/h10-13,18-20H,7-9,14-17H2,1-6H3. The number of anilines is 2. The van der Waals surface area contributed by atoms with Crippen LogP contribution >= 0.6 is 0 Å². The van der Waals surface area contributed by atoms with Crippen LogP contribution in [-0.2, 0) is 0 Å². The lowest BCUT2D eigenvalue weighted by molar-refractivity contribution is 0.0767. The van der Waals surface area contributed by atoms with Gasteiger partial charge < -0.3 is 14.7 Å². The number of hydrogen-bond donors (Lipinski definition) is 0. The van der Waals surface area contributed by atoms with E-state index < -0.39 is 0 Å². The molecule has 1 aliphatic heterocycles. The van der Waals surface area contributed by atoms with Crippen molar-refractivity contribution in [1.29, 1.82) is 0 Å². The molecule has 1 amide bonds. The summed E-state index contributed by atoms with van der Waals surface area (Å²) in [6.45, 7) is 16.1. The van der Waals surface area contributed by atoms with Gasteiger partial charge in [0.25, 0.3) is 11.5 Å². The highest BCUT2D eigenvalue weighted by Crippen LogP contribution is 2.20. The molecule has 0 radical (unpaired) electrons. The Bertz CT molecular complexity index is 1100. The smallest absolute Gasteiger partial charge is 0.333 e. The van der Waals surface area contributed by atoms with Crippen LogP contribution in [0, 0.1) is 0 Å². The number of nitrogens with zero attached hydrogens (tertiary/aromatic N) is 5. The second-order valence-electron chi connectivity index (χ2n) is 9.40. The van der Waals surface area contributed by atoms with E-state index >= 15 is 0 Å². The van der Waals surface area contributed by atoms with Gasteiger partial charge in [0.15, 0.2) is 0 Å². The molecular weight excluding hydrogens is 430 g/mol. The number of benzene rings is 1. The van der Waals surface area contributed by atoms with E-state index in [4.69, 9.17) is 0 Å². The first-order chi connectivity index (χ1) is 16.2. The van der Waals surface area contributed by atoms with Crippen LogP contribution in [0.25, 0.3) is 0 Å². The van der Waals surface area contributed by atoms with Crippen molar-refractivity contribution in [2.24, 2.45) is 0 Å². The Labute approximate surface area is 202 Å². The van der Waals surface area contributed by atoms with Gasteiger partial charge in [0, 0.05) is 68.7 Å². The number of carbonyl (C=O) groups excluding carboxylic acids is 1. The highest BCUT2D eigenvalue weighted by atomic mass is 16.2. The molecular formula is C26H39N5O3. The Balaban J connectivity index is 1.81. The van der Waals surface area contributed by atoms with Crippen LogP contribution in [0.3, 0.4) is 0 Å². The molecule has 3 rings (SSSR count). The predicted molar refractivity (Wildman–Crippen MR) is 138 cm³/mol. The van der Waals surface area contributed by atoms with Gasteiger partial charge in [-0.05, 0) is 72.2 Å². The van der Waals surface area contributed by atoms with E-state index in [2.05, 4.69) is 23.6 Å². The first kappa shape index (κ1) is 25.6. The number of amides is 1. The Morgan fingerprint density at radius 1 is 0.882 bits per heavy atom. The Morgan fingerprint density at radius 2 is 1.50 bits per heavy atom. The lowest BCUT2D eigenvalue weighted by atomic mass is 10.1. The second-order valence-corrected chi connectivity index (χ2v) is 9.40. The molecule has 0 N–H and O–H groups in total. The van der Waals surface area contributed by atoms with Crippen molar-refractivity contribution in [1.82, 2.24) is 14.0 Å². The van der Waals surface area contributed by atoms with Crippen LogP contribution in [0.5, 0.6) is 0 Å². The Hall–Kier alpha value is -3.03. The van der Waals surface area contributed by atoms with E-state index in [0.717, 1.165) is 25.2 Å². The minimum absolute atomic E-state index is 0.0180. The molecule has 0 unspecified atom stereocenters. The number of carbonyl (C=O) groups is 1. The van der Waals surface area contributed by atoms with Crippen LogP contribution in [0.1, 0.15) is 70.4 Å². The highest BCUT2D eigenvalue weighted by Gasteiger charge is 2.24. The lowest BCUT2D eigenvalue weighted by Crippen LogP contribution is -2.45. The van der Waals surface area contributed by atoms with E-state index in [9.17, 15) is 14.4 Å². The molecule has 0 aliphatic carbocycles. The zero-order valence-corrected chi connectivity index (χ0v) is 21.5. The summed E-state index contributed by atoms with van der Waals surface area (Å²) in [7, 11) is 0. The van der Waals surface area contributed by atoms with Crippen LogP contribution in [0.15, 0.2) is 39.9 Å². The number of aromatic nitrogens is 2. The Kier molecular flexibility index (Phi) is 8.23. The molecule has 0 spiro atoms. The van der Waals surface area contributed by atoms with E-state index in [-0.39, 0.29) is 29.2 Å². The largest absolute Gasteiger partial charge is 0.372 e. The SMILES string of the molecule is CCN(CC)c1ccc(C(=O)N2CCCN(c3cc(=O)n(C(C)C)c(=O)n3C(C)C)CC2)cc1. The van der Waals surface area contributed by atoms with Crippen molar-refractivity contribution in [2.75, 3.05) is 49.1 Å². The summed E-state index contributed by atoms with van der Waals surface area (Å²) in [6.07, 6.45) is 0.767. The van der Waals surface area contributed by atoms with Gasteiger partial charge in [-0.3, -0.25) is 18.7 Å². The summed E-state index contributed by atoms with van der Waals surface area (Å²) in [5, 5.41) is 0. The molecule has 8 nitrogen and oxygen atoms in total. The van der Waals surface area contributed by atoms with Crippen LogP contribution in [-0.4, -0.2) is 59.2 Å². The third-order valence-electron chi connectivity index (χ3n) is 6.53. The molecule has 1 fully saturated rings. The van der Waals surface area contributed by atoms with Crippen LogP contribution < -0.4 is 21.0 Å². The molecule has 186 valence electrons. The molecule has 34 heavy (non-hydrogen) atoms. The maximum Gasteiger partial charge on any atom is 0.333 e. The van der Waals surface area contributed by atoms with Gasteiger partial charge in [-0.2, -0.15) is 0 Å². The van der Waals surface area contributed by atoms with Crippen molar-refractivity contribution in [2.45, 2.75) is 60.0 Å². The van der Waals surface area contributed by atoms with Gasteiger partial charge >= 0.3 is 5.69 Å². The fourth-order valence-corrected chi connectivity index (χ4v) is 4.70. The third-order valence-corrected chi connectivity index (χ3v) is 6.53. The van der Waals surface area contributed by atoms with Gasteiger partial charge in [0.05, 0.1) is 0 Å². The molecule has 1 aliphatic rings. The summed E-state index contributed by atoms with van der Waals surface area (Å²) in [5.41, 5.74) is 1.24.